The van der Waals surface area contributed by atoms with E-state index in [0.717, 1.165) is 22.3 Å². The van der Waals surface area contributed by atoms with Gasteiger partial charge in [0.15, 0.2) is 0 Å². The molecule has 1 fully saturated rings. The summed E-state index contributed by atoms with van der Waals surface area (Å²) in [4.78, 5) is 38.1. The largest absolute Gasteiger partial charge is 0.480 e. The van der Waals surface area contributed by atoms with Crippen molar-refractivity contribution in [2.45, 2.75) is 50.8 Å². The Morgan fingerprint density at radius 1 is 1.06 bits per heavy atom. The zero-order chi connectivity index (χ0) is 24.4. The number of carboxylic acid groups (broad SMARTS) is 1. The highest BCUT2D eigenvalue weighted by Crippen LogP contribution is 2.44. The SMILES string of the molecule is CC(C)[C@H](CC(=O)N1CC(O)CC1C(=O)O)NC(=O)OCC1c2ccccc2-c2ccccc21. The molecule has 3 atom stereocenters. The Kier molecular flexibility index (Phi) is 6.88. The van der Waals surface area contributed by atoms with Crippen LogP contribution in [0, 0.1) is 5.92 Å². The average molecular weight is 467 g/mol. The number of likely N-dealkylation sites (tertiary alicyclic amines) is 1. The number of rotatable bonds is 7. The second-order valence-electron chi connectivity index (χ2n) is 9.31. The first-order valence-electron chi connectivity index (χ1n) is 11.6. The number of alkyl carbamates (subject to hydrolysis) is 1. The number of hydrogen-bond donors (Lipinski definition) is 3. The van der Waals surface area contributed by atoms with Crippen molar-refractivity contribution in [2.75, 3.05) is 13.2 Å². The molecule has 2 aliphatic rings. The zero-order valence-electron chi connectivity index (χ0n) is 19.3. The minimum absolute atomic E-state index is 0.00717. The van der Waals surface area contributed by atoms with Gasteiger partial charge >= 0.3 is 12.1 Å². The molecule has 2 aromatic rings. The molecule has 0 radical (unpaired) electrons. The molecular formula is C26H30N2O6. The highest BCUT2D eigenvalue weighted by Gasteiger charge is 2.39. The maximum absolute atomic E-state index is 12.8. The molecule has 1 aliphatic heterocycles. The van der Waals surface area contributed by atoms with Crippen LogP contribution in [0.15, 0.2) is 48.5 Å². The lowest BCUT2D eigenvalue weighted by atomic mass is 9.98. The van der Waals surface area contributed by atoms with E-state index in [1.807, 2.05) is 50.2 Å². The molecular weight excluding hydrogens is 436 g/mol. The third kappa shape index (κ3) is 4.77. The lowest BCUT2D eigenvalue weighted by Gasteiger charge is -2.27. The predicted octanol–water partition coefficient (Wildman–Crippen LogP) is 2.99. The Morgan fingerprint density at radius 3 is 2.21 bits per heavy atom. The van der Waals surface area contributed by atoms with Crippen molar-refractivity contribution in [3.05, 3.63) is 59.7 Å². The van der Waals surface area contributed by atoms with Gasteiger partial charge < -0.3 is 25.2 Å². The van der Waals surface area contributed by atoms with Gasteiger partial charge in [0.05, 0.1) is 6.10 Å². The van der Waals surface area contributed by atoms with Crippen LogP contribution in [0.4, 0.5) is 4.79 Å². The molecule has 180 valence electrons. The number of ether oxygens (including phenoxy) is 1. The zero-order valence-corrected chi connectivity index (χ0v) is 19.3. The number of hydrogen-bond acceptors (Lipinski definition) is 5. The van der Waals surface area contributed by atoms with E-state index in [1.54, 1.807) is 0 Å². The Bertz CT molecular complexity index is 1040. The van der Waals surface area contributed by atoms with Crippen LogP contribution in [0.5, 0.6) is 0 Å². The van der Waals surface area contributed by atoms with E-state index in [4.69, 9.17) is 4.74 Å². The summed E-state index contributed by atoms with van der Waals surface area (Å²) in [6.07, 6.45) is -1.55. The lowest BCUT2D eigenvalue weighted by Crippen LogP contribution is -2.46. The molecule has 0 aromatic heterocycles. The van der Waals surface area contributed by atoms with Crippen molar-refractivity contribution >= 4 is 18.0 Å². The number of nitrogens with one attached hydrogen (secondary N) is 1. The lowest BCUT2D eigenvalue weighted by molar-refractivity contribution is -0.148. The minimum Gasteiger partial charge on any atom is -0.480 e. The van der Waals surface area contributed by atoms with E-state index < -0.39 is 36.2 Å². The molecule has 1 saturated heterocycles. The number of carbonyl (C=O) groups excluding carboxylic acids is 2. The summed E-state index contributed by atoms with van der Waals surface area (Å²) < 4.78 is 5.59. The molecule has 1 aliphatic carbocycles. The van der Waals surface area contributed by atoms with Gasteiger partial charge in [-0.25, -0.2) is 9.59 Å². The molecule has 0 spiro atoms. The highest BCUT2D eigenvalue weighted by atomic mass is 16.5. The van der Waals surface area contributed by atoms with Crippen LogP contribution in [0.1, 0.15) is 43.7 Å². The normalized spacial score (nSPS) is 20.1. The average Bonchev–Trinajstić information content (AvgIpc) is 3.35. The van der Waals surface area contributed by atoms with Gasteiger partial charge in [-0.3, -0.25) is 4.79 Å². The van der Waals surface area contributed by atoms with Gasteiger partial charge in [0.1, 0.15) is 12.6 Å². The number of nitrogens with zero attached hydrogens (tertiary/aromatic N) is 1. The molecule has 2 aromatic carbocycles. The standard InChI is InChI=1S/C26H30N2O6/c1-15(2)22(12-24(30)28-13-16(29)11-23(28)25(31)32)27-26(33)34-14-21-19-9-5-3-7-17(19)18-8-4-6-10-20(18)21/h3-10,15-16,21-23,29H,11-14H2,1-2H3,(H,27,33)(H,31,32)/t16?,22-,23?/m0/s1. The van der Waals surface area contributed by atoms with Crippen LogP contribution < -0.4 is 5.32 Å². The monoisotopic (exact) mass is 466 g/mol. The van der Waals surface area contributed by atoms with Crippen LogP contribution in [0.2, 0.25) is 0 Å². The Balaban J connectivity index is 1.39. The summed E-state index contributed by atoms with van der Waals surface area (Å²) in [6, 6.07) is 14.5. The van der Waals surface area contributed by atoms with Crippen LogP contribution in [-0.2, 0) is 14.3 Å². The van der Waals surface area contributed by atoms with Crippen LogP contribution in [0.3, 0.4) is 0 Å². The summed E-state index contributed by atoms with van der Waals surface area (Å²) in [5, 5.41) is 22.0. The quantitative estimate of drug-likeness (QED) is 0.578. The van der Waals surface area contributed by atoms with E-state index in [1.165, 1.54) is 4.90 Å². The Labute approximate surface area is 198 Å². The maximum atomic E-state index is 12.8. The van der Waals surface area contributed by atoms with Gasteiger partial charge in [0.2, 0.25) is 5.91 Å². The van der Waals surface area contributed by atoms with Crippen molar-refractivity contribution in [3.8, 4) is 11.1 Å². The van der Waals surface area contributed by atoms with E-state index in [9.17, 15) is 24.6 Å². The van der Waals surface area contributed by atoms with E-state index in [-0.39, 0.29) is 37.8 Å². The number of β-amino-alcohol motifs (C(OH)–C–C–N with tert-alkyl or cyclic N) is 1. The molecule has 0 saturated carbocycles. The third-order valence-corrected chi connectivity index (χ3v) is 6.73. The first-order valence-corrected chi connectivity index (χ1v) is 11.6. The number of benzene rings is 2. The van der Waals surface area contributed by atoms with Gasteiger partial charge in [-0.1, -0.05) is 62.4 Å². The van der Waals surface area contributed by atoms with E-state index >= 15 is 0 Å². The fourth-order valence-corrected chi connectivity index (χ4v) is 4.87. The van der Waals surface area contributed by atoms with Gasteiger partial charge in [-0.2, -0.15) is 0 Å². The van der Waals surface area contributed by atoms with Crippen LogP contribution in [-0.4, -0.2) is 64.4 Å². The van der Waals surface area contributed by atoms with Crippen LogP contribution in [0.25, 0.3) is 11.1 Å². The summed E-state index contributed by atoms with van der Waals surface area (Å²) in [6.45, 7) is 3.88. The van der Waals surface area contributed by atoms with E-state index in [0.29, 0.717) is 0 Å². The molecule has 8 heteroatoms. The Hall–Kier alpha value is -3.39. The van der Waals surface area contributed by atoms with Crippen molar-refractivity contribution in [1.82, 2.24) is 10.2 Å². The number of aliphatic carboxylic acids is 1. The molecule has 2 amide bonds. The predicted molar refractivity (Wildman–Crippen MR) is 125 cm³/mol. The number of aliphatic hydroxyl groups excluding tert-OH is 1. The summed E-state index contributed by atoms with van der Waals surface area (Å²) in [5.74, 6) is -1.71. The molecule has 2 unspecified atom stereocenters. The minimum atomic E-state index is -1.14. The smallest absolute Gasteiger partial charge is 0.407 e. The highest BCUT2D eigenvalue weighted by molar-refractivity contribution is 5.85. The Morgan fingerprint density at radius 2 is 1.65 bits per heavy atom. The number of amides is 2. The van der Waals surface area contributed by atoms with Crippen molar-refractivity contribution in [2.24, 2.45) is 5.92 Å². The summed E-state index contributed by atoms with van der Waals surface area (Å²) in [5.41, 5.74) is 4.50. The number of carboxylic acids is 1. The van der Waals surface area contributed by atoms with Crippen molar-refractivity contribution in [1.29, 1.82) is 0 Å². The summed E-state index contributed by atoms with van der Waals surface area (Å²) in [7, 11) is 0. The molecule has 3 N–H and O–H groups in total. The third-order valence-electron chi connectivity index (χ3n) is 6.73. The van der Waals surface area contributed by atoms with Gasteiger partial charge in [-0.15, -0.1) is 0 Å². The van der Waals surface area contributed by atoms with Gasteiger partial charge in [0, 0.05) is 31.3 Å². The number of fused-ring (bicyclic) bond motifs is 3. The number of carbonyl (C=O) groups is 3. The maximum Gasteiger partial charge on any atom is 0.407 e. The first-order chi connectivity index (χ1) is 16.3. The fourth-order valence-electron chi connectivity index (χ4n) is 4.87. The van der Waals surface area contributed by atoms with Gasteiger partial charge in [0.25, 0.3) is 0 Å². The topological polar surface area (TPSA) is 116 Å². The second-order valence-corrected chi connectivity index (χ2v) is 9.31. The molecule has 1 heterocycles. The molecule has 0 bridgehead atoms. The summed E-state index contributed by atoms with van der Waals surface area (Å²) >= 11 is 0. The van der Waals surface area contributed by atoms with E-state index in [2.05, 4.69) is 17.4 Å². The second kappa shape index (κ2) is 9.85. The van der Waals surface area contributed by atoms with Gasteiger partial charge in [-0.05, 0) is 28.2 Å². The molecule has 4 rings (SSSR count). The fraction of sp³-hybridized carbons (Fsp3) is 0.423. The van der Waals surface area contributed by atoms with Crippen LogP contribution >= 0.6 is 0 Å². The molecule has 8 nitrogen and oxygen atoms in total. The first kappa shape index (κ1) is 23.8. The van der Waals surface area contributed by atoms with Crippen molar-refractivity contribution in [3.63, 3.8) is 0 Å². The van der Waals surface area contributed by atoms with Crippen molar-refractivity contribution < 1.29 is 29.3 Å². The number of aliphatic hydroxyl groups is 1. The molecule has 34 heavy (non-hydrogen) atoms.